The van der Waals surface area contributed by atoms with Crippen molar-refractivity contribution in [2.75, 3.05) is 40.0 Å². The molecule has 0 radical (unpaired) electrons. The highest BCUT2D eigenvalue weighted by molar-refractivity contribution is 5.96. The third-order valence-corrected chi connectivity index (χ3v) is 4.01. The van der Waals surface area contributed by atoms with Gasteiger partial charge in [0.1, 0.15) is 5.56 Å². The number of carbonyl (C=O) groups excluding carboxylic acids is 1. The van der Waals surface area contributed by atoms with Crippen molar-refractivity contribution in [1.82, 2.24) is 15.2 Å². The number of aromatic nitrogens is 1. The molecule has 2 heterocycles. The van der Waals surface area contributed by atoms with Gasteiger partial charge in [0, 0.05) is 31.9 Å². The van der Waals surface area contributed by atoms with E-state index in [0.717, 1.165) is 32.7 Å². The van der Waals surface area contributed by atoms with Crippen LogP contribution in [-0.4, -0.2) is 61.8 Å². The van der Waals surface area contributed by atoms with Gasteiger partial charge < -0.3 is 14.8 Å². The highest BCUT2D eigenvalue weighted by Crippen LogP contribution is 2.15. The molecule has 6 heteroatoms. The molecule has 1 amide bonds. The minimum atomic E-state index is -0.142. The number of carbonyl (C=O) groups is 1. The lowest BCUT2D eigenvalue weighted by Gasteiger charge is -2.35. The van der Waals surface area contributed by atoms with Gasteiger partial charge in [-0.3, -0.25) is 9.69 Å². The summed E-state index contributed by atoms with van der Waals surface area (Å²) in [6, 6.07) is 3.80. The Kier molecular flexibility index (Phi) is 6.80. The molecule has 1 aliphatic heterocycles. The van der Waals surface area contributed by atoms with Gasteiger partial charge in [0.15, 0.2) is 0 Å². The fourth-order valence-corrected chi connectivity index (χ4v) is 2.88. The molecule has 0 bridgehead atoms. The zero-order chi connectivity index (χ0) is 16.7. The summed E-state index contributed by atoms with van der Waals surface area (Å²) in [6.45, 7) is 8.40. The lowest BCUT2D eigenvalue weighted by atomic mass is 10.0. The number of rotatable bonds is 7. The van der Waals surface area contributed by atoms with Crippen LogP contribution < -0.4 is 10.1 Å². The number of amides is 1. The van der Waals surface area contributed by atoms with Crippen molar-refractivity contribution in [2.24, 2.45) is 5.92 Å². The first-order chi connectivity index (χ1) is 11.1. The Bertz CT molecular complexity index is 502. The standard InChI is InChI=1S/C17H27N3O3/c1-13(2)11-14(20-7-9-23-10-8-20)12-19-16(21)15-5-4-6-18-17(15)22-3/h4-6,13-14H,7-12H2,1-3H3,(H,19,21)/t14-/m0/s1. The first-order valence-corrected chi connectivity index (χ1v) is 8.20. The number of hydrogen-bond donors (Lipinski definition) is 1. The molecule has 1 aromatic rings. The van der Waals surface area contributed by atoms with Crippen LogP contribution in [0.15, 0.2) is 18.3 Å². The molecule has 1 aliphatic rings. The number of morpholine rings is 1. The van der Waals surface area contributed by atoms with Gasteiger partial charge in [-0.1, -0.05) is 13.8 Å². The predicted octanol–water partition coefficient (Wildman–Crippen LogP) is 1.57. The molecule has 1 atom stereocenters. The zero-order valence-corrected chi connectivity index (χ0v) is 14.2. The molecule has 128 valence electrons. The van der Waals surface area contributed by atoms with E-state index in [2.05, 4.69) is 29.0 Å². The molecule has 0 aromatic carbocycles. The summed E-state index contributed by atoms with van der Waals surface area (Å²) in [7, 11) is 1.52. The number of hydrogen-bond acceptors (Lipinski definition) is 5. The molecule has 1 saturated heterocycles. The lowest BCUT2D eigenvalue weighted by molar-refractivity contribution is 0.0124. The Balaban J connectivity index is 1.97. The molecule has 1 fully saturated rings. The number of nitrogens with zero attached hydrogens (tertiary/aromatic N) is 2. The Labute approximate surface area is 138 Å². The van der Waals surface area contributed by atoms with E-state index in [0.29, 0.717) is 29.9 Å². The van der Waals surface area contributed by atoms with Crippen molar-refractivity contribution in [1.29, 1.82) is 0 Å². The third kappa shape index (κ3) is 5.18. The van der Waals surface area contributed by atoms with Crippen LogP contribution in [0.1, 0.15) is 30.6 Å². The van der Waals surface area contributed by atoms with Crippen LogP contribution in [0.2, 0.25) is 0 Å². The van der Waals surface area contributed by atoms with Crippen molar-refractivity contribution < 1.29 is 14.3 Å². The molecule has 6 nitrogen and oxygen atoms in total. The second-order valence-electron chi connectivity index (χ2n) is 6.20. The van der Waals surface area contributed by atoms with Gasteiger partial charge in [-0.2, -0.15) is 0 Å². The third-order valence-electron chi connectivity index (χ3n) is 4.01. The van der Waals surface area contributed by atoms with E-state index < -0.39 is 0 Å². The summed E-state index contributed by atoms with van der Waals surface area (Å²) in [5.74, 6) is 0.793. The van der Waals surface area contributed by atoms with Crippen LogP contribution in [0.4, 0.5) is 0 Å². The molecule has 1 N–H and O–H groups in total. The van der Waals surface area contributed by atoms with Crippen LogP contribution in [0.25, 0.3) is 0 Å². The molecule has 23 heavy (non-hydrogen) atoms. The summed E-state index contributed by atoms with van der Waals surface area (Å²) in [4.78, 5) is 18.9. The van der Waals surface area contributed by atoms with Gasteiger partial charge >= 0.3 is 0 Å². The van der Waals surface area contributed by atoms with Crippen LogP contribution in [0, 0.1) is 5.92 Å². The topological polar surface area (TPSA) is 63.7 Å². The van der Waals surface area contributed by atoms with Crippen LogP contribution in [0.5, 0.6) is 5.88 Å². The molecule has 0 spiro atoms. The van der Waals surface area contributed by atoms with Gasteiger partial charge in [0.2, 0.25) is 5.88 Å². The number of pyridine rings is 1. The Morgan fingerprint density at radius 3 is 2.83 bits per heavy atom. The summed E-state index contributed by atoms with van der Waals surface area (Å²) < 4.78 is 10.6. The Morgan fingerprint density at radius 2 is 2.17 bits per heavy atom. The smallest absolute Gasteiger partial charge is 0.256 e. The monoisotopic (exact) mass is 321 g/mol. The van der Waals surface area contributed by atoms with E-state index in [1.165, 1.54) is 7.11 Å². The van der Waals surface area contributed by atoms with Gasteiger partial charge in [0.05, 0.1) is 20.3 Å². The normalized spacial score (nSPS) is 17.0. The largest absolute Gasteiger partial charge is 0.480 e. The molecular formula is C17H27N3O3. The van der Waals surface area contributed by atoms with Crippen molar-refractivity contribution in [3.05, 3.63) is 23.9 Å². The minimum absolute atomic E-state index is 0.142. The first-order valence-electron chi connectivity index (χ1n) is 8.20. The van der Waals surface area contributed by atoms with Crippen molar-refractivity contribution in [3.8, 4) is 5.88 Å². The lowest BCUT2D eigenvalue weighted by Crippen LogP contribution is -2.49. The second-order valence-corrected chi connectivity index (χ2v) is 6.20. The predicted molar refractivity (Wildman–Crippen MR) is 88.8 cm³/mol. The average molecular weight is 321 g/mol. The Hall–Kier alpha value is -1.66. The van der Waals surface area contributed by atoms with E-state index in [1.807, 2.05) is 0 Å². The van der Waals surface area contributed by atoms with E-state index in [1.54, 1.807) is 18.3 Å². The first kappa shape index (κ1) is 17.7. The fourth-order valence-electron chi connectivity index (χ4n) is 2.88. The number of methoxy groups -OCH3 is 1. The maximum absolute atomic E-state index is 12.4. The van der Waals surface area contributed by atoms with Crippen molar-refractivity contribution >= 4 is 5.91 Å². The van der Waals surface area contributed by atoms with Crippen molar-refractivity contribution in [3.63, 3.8) is 0 Å². The van der Waals surface area contributed by atoms with Crippen molar-refractivity contribution in [2.45, 2.75) is 26.3 Å². The molecule has 2 rings (SSSR count). The van der Waals surface area contributed by atoms with Crippen LogP contribution in [0.3, 0.4) is 0 Å². The number of ether oxygens (including phenoxy) is 2. The van der Waals surface area contributed by atoms with Crippen LogP contribution >= 0.6 is 0 Å². The van der Waals surface area contributed by atoms with E-state index in [-0.39, 0.29) is 5.91 Å². The SMILES string of the molecule is COc1ncccc1C(=O)NC[C@H](CC(C)C)N1CCOCC1. The molecule has 0 saturated carbocycles. The van der Waals surface area contributed by atoms with Gasteiger partial charge in [-0.15, -0.1) is 0 Å². The molecular weight excluding hydrogens is 294 g/mol. The van der Waals surface area contributed by atoms with E-state index >= 15 is 0 Å². The zero-order valence-electron chi connectivity index (χ0n) is 14.2. The van der Waals surface area contributed by atoms with Gasteiger partial charge in [-0.25, -0.2) is 4.98 Å². The van der Waals surface area contributed by atoms with E-state index in [9.17, 15) is 4.79 Å². The molecule has 0 unspecified atom stereocenters. The maximum atomic E-state index is 12.4. The molecule has 1 aromatic heterocycles. The highest BCUT2D eigenvalue weighted by atomic mass is 16.5. The summed E-state index contributed by atoms with van der Waals surface area (Å²) in [5, 5.41) is 3.04. The van der Waals surface area contributed by atoms with Gasteiger partial charge in [0.25, 0.3) is 5.91 Å². The summed E-state index contributed by atoms with van der Waals surface area (Å²) in [6.07, 6.45) is 2.66. The summed E-state index contributed by atoms with van der Waals surface area (Å²) in [5.41, 5.74) is 0.472. The minimum Gasteiger partial charge on any atom is -0.480 e. The maximum Gasteiger partial charge on any atom is 0.256 e. The van der Waals surface area contributed by atoms with Gasteiger partial charge in [-0.05, 0) is 24.5 Å². The second kappa shape index (κ2) is 8.84. The van der Waals surface area contributed by atoms with E-state index in [4.69, 9.17) is 9.47 Å². The quantitative estimate of drug-likeness (QED) is 0.826. The van der Waals surface area contributed by atoms with Crippen LogP contribution in [-0.2, 0) is 4.74 Å². The average Bonchev–Trinajstić information content (AvgIpc) is 2.58. The fraction of sp³-hybridized carbons (Fsp3) is 0.647. The highest BCUT2D eigenvalue weighted by Gasteiger charge is 2.23. The number of nitrogens with one attached hydrogen (secondary N) is 1. The summed E-state index contributed by atoms with van der Waals surface area (Å²) >= 11 is 0. The Morgan fingerprint density at radius 1 is 1.43 bits per heavy atom. The molecule has 0 aliphatic carbocycles.